The summed E-state index contributed by atoms with van der Waals surface area (Å²) in [6.45, 7) is 7.82. The number of nitrogens with zero attached hydrogens (tertiary/aromatic N) is 1. The summed E-state index contributed by atoms with van der Waals surface area (Å²) in [5.74, 6) is 0.104. The van der Waals surface area contributed by atoms with Crippen molar-refractivity contribution in [2.24, 2.45) is 0 Å². The average molecular weight is 311 g/mol. The fourth-order valence-corrected chi connectivity index (χ4v) is 3.28. The van der Waals surface area contributed by atoms with E-state index in [1.54, 1.807) is 0 Å². The van der Waals surface area contributed by atoms with Crippen LogP contribution in [0.1, 0.15) is 25.5 Å². The number of carbonyl (C=O) groups excluding carboxylic acids is 1. The molecule has 1 aliphatic rings. The zero-order chi connectivity index (χ0) is 16.2. The van der Waals surface area contributed by atoms with Gasteiger partial charge in [-0.25, -0.2) is 0 Å². The summed E-state index contributed by atoms with van der Waals surface area (Å²) in [5, 5.41) is 8.92. The van der Waals surface area contributed by atoms with E-state index in [-0.39, 0.29) is 18.0 Å². The van der Waals surface area contributed by atoms with Crippen LogP contribution in [-0.2, 0) is 4.79 Å². The molecule has 0 saturated carbocycles. The normalized spacial score (nSPS) is 18.5. The van der Waals surface area contributed by atoms with Crippen molar-refractivity contribution < 1.29 is 4.79 Å². The lowest BCUT2D eigenvalue weighted by atomic mass is 9.99. The Morgan fingerprint density at radius 2 is 1.78 bits per heavy atom. The number of piperazine rings is 1. The summed E-state index contributed by atoms with van der Waals surface area (Å²) in [6, 6.07) is 14.5. The minimum absolute atomic E-state index is 0.000958. The van der Waals surface area contributed by atoms with Crippen molar-refractivity contribution in [2.45, 2.75) is 25.9 Å². The molecule has 23 heavy (non-hydrogen) atoms. The predicted octanol–water partition coefficient (Wildman–Crippen LogP) is 2.31. The monoisotopic (exact) mass is 311 g/mol. The van der Waals surface area contributed by atoms with Crippen LogP contribution >= 0.6 is 0 Å². The van der Waals surface area contributed by atoms with E-state index in [0.717, 1.165) is 26.2 Å². The van der Waals surface area contributed by atoms with E-state index in [0.29, 0.717) is 0 Å². The number of amides is 1. The molecule has 0 aliphatic carbocycles. The molecule has 2 N–H and O–H groups in total. The zero-order valence-electron chi connectivity index (χ0n) is 13.9. The van der Waals surface area contributed by atoms with Gasteiger partial charge < -0.3 is 10.6 Å². The van der Waals surface area contributed by atoms with Gasteiger partial charge in [0.15, 0.2) is 0 Å². The van der Waals surface area contributed by atoms with Crippen LogP contribution in [-0.4, -0.2) is 43.0 Å². The smallest absolute Gasteiger partial charge is 0.237 e. The molecule has 2 unspecified atom stereocenters. The summed E-state index contributed by atoms with van der Waals surface area (Å²) in [6.07, 6.45) is 0. The van der Waals surface area contributed by atoms with Gasteiger partial charge in [0.25, 0.3) is 0 Å². The van der Waals surface area contributed by atoms with Crippen LogP contribution in [0.4, 0.5) is 0 Å². The van der Waals surface area contributed by atoms with Crippen LogP contribution < -0.4 is 10.6 Å². The molecular formula is C19H25N3O. The van der Waals surface area contributed by atoms with Crippen LogP contribution in [0.15, 0.2) is 42.5 Å². The maximum absolute atomic E-state index is 12.6. The zero-order valence-corrected chi connectivity index (χ0v) is 13.9. The largest absolute Gasteiger partial charge is 0.348 e. The van der Waals surface area contributed by atoms with Crippen molar-refractivity contribution in [3.05, 3.63) is 48.0 Å². The number of fused-ring (bicyclic) bond motifs is 1. The lowest BCUT2D eigenvalue weighted by Gasteiger charge is -2.32. The van der Waals surface area contributed by atoms with E-state index in [4.69, 9.17) is 0 Å². The number of hydrogen-bond acceptors (Lipinski definition) is 3. The Kier molecular flexibility index (Phi) is 4.94. The van der Waals surface area contributed by atoms with Crippen LogP contribution in [0.25, 0.3) is 10.8 Å². The third-order valence-electron chi connectivity index (χ3n) is 4.73. The Balaban J connectivity index is 1.72. The fourth-order valence-electron chi connectivity index (χ4n) is 3.28. The quantitative estimate of drug-likeness (QED) is 0.911. The second kappa shape index (κ2) is 7.11. The second-order valence-corrected chi connectivity index (χ2v) is 6.26. The van der Waals surface area contributed by atoms with Crippen molar-refractivity contribution in [3.8, 4) is 0 Å². The van der Waals surface area contributed by atoms with Crippen LogP contribution in [0.5, 0.6) is 0 Å². The summed E-state index contributed by atoms with van der Waals surface area (Å²) >= 11 is 0. The first-order chi connectivity index (χ1) is 11.2. The summed E-state index contributed by atoms with van der Waals surface area (Å²) < 4.78 is 0. The Labute approximate surface area is 137 Å². The first-order valence-electron chi connectivity index (χ1n) is 8.39. The first-order valence-corrected chi connectivity index (χ1v) is 8.39. The Bertz CT molecular complexity index is 674. The van der Waals surface area contributed by atoms with Crippen molar-refractivity contribution in [3.63, 3.8) is 0 Å². The highest BCUT2D eigenvalue weighted by atomic mass is 16.2. The van der Waals surface area contributed by atoms with Gasteiger partial charge in [-0.05, 0) is 30.2 Å². The van der Waals surface area contributed by atoms with Crippen molar-refractivity contribution in [2.75, 3.05) is 26.2 Å². The van der Waals surface area contributed by atoms with Crippen LogP contribution in [0.3, 0.4) is 0 Å². The van der Waals surface area contributed by atoms with E-state index in [1.807, 2.05) is 19.1 Å². The molecule has 2 atom stereocenters. The number of hydrogen-bond donors (Lipinski definition) is 2. The molecule has 0 spiro atoms. The first kappa shape index (κ1) is 16.0. The van der Waals surface area contributed by atoms with Gasteiger partial charge in [-0.15, -0.1) is 0 Å². The molecule has 1 heterocycles. The number of nitrogens with one attached hydrogen (secondary N) is 2. The van der Waals surface area contributed by atoms with Crippen molar-refractivity contribution in [1.29, 1.82) is 0 Å². The molecule has 0 bridgehead atoms. The summed E-state index contributed by atoms with van der Waals surface area (Å²) in [4.78, 5) is 14.8. The van der Waals surface area contributed by atoms with Crippen LogP contribution in [0, 0.1) is 0 Å². The van der Waals surface area contributed by atoms with E-state index >= 15 is 0 Å². The molecule has 4 heteroatoms. The molecule has 1 fully saturated rings. The molecule has 0 radical (unpaired) electrons. The van der Waals surface area contributed by atoms with Gasteiger partial charge >= 0.3 is 0 Å². The molecule has 1 aliphatic heterocycles. The molecule has 3 rings (SSSR count). The van der Waals surface area contributed by atoms with Gasteiger partial charge in [-0.3, -0.25) is 9.69 Å². The molecule has 0 aromatic heterocycles. The highest BCUT2D eigenvalue weighted by Crippen LogP contribution is 2.24. The molecule has 2 aromatic carbocycles. The van der Waals surface area contributed by atoms with E-state index < -0.39 is 0 Å². The van der Waals surface area contributed by atoms with Gasteiger partial charge in [0.05, 0.1) is 12.1 Å². The van der Waals surface area contributed by atoms with Crippen molar-refractivity contribution >= 4 is 16.7 Å². The highest BCUT2D eigenvalue weighted by Gasteiger charge is 2.24. The van der Waals surface area contributed by atoms with Crippen molar-refractivity contribution in [1.82, 2.24) is 15.5 Å². The third-order valence-corrected chi connectivity index (χ3v) is 4.73. The van der Waals surface area contributed by atoms with Gasteiger partial charge in [0.1, 0.15) is 0 Å². The van der Waals surface area contributed by atoms with Gasteiger partial charge in [-0.2, -0.15) is 0 Å². The van der Waals surface area contributed by atoms with E-state index in [1.165, 1.54) is 16.3 Å². The Morgan fingerprint density at radius 3 is 2.57 bits per heavy atom. The maximum Gasteiger partial charge on any atom is 0.237 e. The molecule has 122 valence electrons. The minimum Gasteiger partial charge on any atom is -0.348 e. The van der Waals surface area contributed by atoms with Gasteiger partial charge in [0, 0.05) is 26.2 Å². The molecule has 2 aromatic rings. The standard InChI is InChI=1S/C19H25N3O/c1-14(17-9-5-7-16-6-3-4-8-18(16)17)21-19(23)15(2)22-12-10-20-11-13-22/h3-9,14-15,20H,10-13H2,1-2H3,(H,21,23). The lowest BCUT2D eigenvalue weighted by Crippen LogP contribution is -2.52. The summed E-state index contributed by atoms with van der Waals surface area (Å²) in [5.41, 5.74) is 1.17. The highest BCUT2D eigenvalue weighted by molar-refractivity contribution is 5.87. The maximum atomic E-state index is 12.6. The minimum atomic E-state index is -0.0884. The number of benzene rings is 2. The average Bonchev–Trinajstić information content (AvgIpc) is 2.61. The predicted molar refractivity (Wildman–Crippen MR) is 94.4 cm³/mol. The topological polar surface area (TPSA) is 44.4 Å². The second-order valence-electron chi connectivity index (χ2n) is 6.26. The van der Waals surface area contributed by atoms with Crippen LogP contribution in [0.2, 0.25) is 0 Å². The molecule has 1 saturated heterocycles. The Hall–Kier alpha value is -1.91. The van der Waals surface area contributed by atoms with E-state index in [2.05, 4.69) is 52.8 Å². The third kappa shape index (κ3) is 3.54. The van der Waals surface area contributed by atoms with Gasteiger partial charge in [-0.1, -0.05) is 42.5 Å². The number of rotatable bonds is 4. The fraction of sp³-hybridized carbons (Fsp3) is 0.421. The SMILES string of the molecule is CC(NC(=O)C(C)N1CCNCC1)c1cccc2ccccc12. The van der Waals surface area contributed by atoms with E-state index in [9.17, 15) is 4.79 Å². The summed E-state index contributed by atoms with van der Waals surface area (Å²) in [7, 11) is 0. The molecule has 4 nitrogen and oxygen atoms in total. The Morgan fingerprint density at radius 1 is 1.09 bits per heavy atom. The number of carbonyl (C=O) groups is 1. The molecule has 1 amide bonds. The van der Waals surface area contributed by atoms with Gasteiger partial charge in [0.2, 0.25) is 5.91 Å². The lowest BCUT2D eigenvalue weighted by molar-refractivity contribution is -0.126. The molecular weight excluding hydrogens is 286 g/mol.